The van der Waals surface area contributed by atoms with E-state index in [4.69, 9.17) is 0 Å². The molecule has 1 aromatic heterocycles. The van der Waals surface area contributed by atoms with Crippen molar-refractivity contribution < 1.29 is 14.0 Å². The van der Waals surface area contributed by atoms with Gasteiger partial charge in [-0.25, -0.2) is 4.39 Å². The zero-order chi connectivity index (χ0) is 22.0. The smallest absolute Gasteiger partial charge is 0.223 e. The third kappa shape index (κ3) is 4.67. The molecular weight excluding hydrogens is 413 g/mol. The predicted molar refractivity (Wildman–Crippen MR) is 121 cm³/mol. The molecule has 0 unspecified atom stereocenters. The fourth-order valence-electron chi connectivity index (χ4n) is 4.83. The first kappa shape index (κ1) is 22.0. The number of piperazine rings is 1. The number of rotatable bonds is 5. The van der Waals surface area contributed by atoms with E-state index in [9.17, 15) is 14.0 Å². The molecule has 2 aliphatic heterocycles. The highest BCUT2D eigenvalue weighted by molar-refractivity contribution is 7.10. The zero-order valence-corrected chi connectivity index (χ0v) is 19.0. The van der Waals surface area contributed by atoms with Crippen LogP contribution in [0.15, 0.2) is 35.7 Å². The maximum atomic E-state index is 14.0. The molecule has 1 saturated heterocycles. The van der Waals surface area contributed by atoms with Crippen molar-refractivity contribution in [1.82, 2.24) is 14.7 Å². The Morgan fingerprint density at radius 2 is 2.00 bits per heavy atom. The minimum atomic E-state index is -0.232. The van der Waals surface area contributed by atoms with Gasteiger partial charge < -0.3 is 9.80 Å². The molecule has 0 spiro atoms. The number of hydrogen-bond donors (Lipinski definition) is 0. The molecule has 0 radical (unpaired) electrons. The van der Waals surface area contributed by atoms with Gasteiger partial charge in [0, 0.05) is 56.5 Å². The number of hydrogen-bond acceptors (Lipinski definition) is 4. The minimum Gasteiger partial charge on any atom is -0.339 e. The van der Waals surface area contributed by atoms with E-state index in [2.05, 4.69) is 16.3 Å². The van der Waals surface area contributed by atoms with Crippen LogP contribution in [0.4, 0.5) is 4.39 Å². The second kappa shape index (κ2) is 9.49. The van der Waals surface area contributed by atoms with Crippen LogP contribution in [0.2, 0.25) is 0 Å². The lowest BCUT2D eigenvalue weighted by molar-refractivity contribution is -0.142. The zero-order valence-electron chi connectivity index (χ0n) is 18.2. The van der Waals surface area contributed by atoms with E-state index >= 15 is 0 Å². The molecule has 0 saturated carbocycles. The Bertz CT molecular complexity index is 946. The molecule has 4 rings (SSSR count). The number of halogens is 1. The number of benzene rings is 1. The number of carbonyl (C=O) groups is 2. The van der Waals surface area contributed by atoms with Gasteiger partial charge in [-0.1, -0.05) is 19.1 Å². The van der Waals surface area contributed by atoms with E-state index < -0.39 is 0 Å². The summed E-state index contributed by atoms with van der Waals surface area (Å²) in [6.07, 6.45) is 1.89. The Labute approximate surface area is 187 Å². The normalized spacial score (nSPS) is 21.8. The van der Waals surface area contributed by atoms with E-state index in [0.29, 0.717) is 39.0 Å². The van der Waals surface area contributed by atoms with Gasteiger partial charge in [0.05, 0.1) is 6.04 Å². The fraction of sp³-hybridized carbons (Fsp3) is 0.500. The molecule has 2 aromatic rings. The van der Waals surface area contributed by atoms with Gasteiger partial charge in [0.25, 0.3) is 0 Å². The number of fused-ring (bicyclic) bond motifs is 1. The van der Waals surface area contributed by atoms with Crippen LogP contribution in [-0.2, 0) is 16.0 Å². The summed E-state index contributed by atoms with van der Waals surface area (Å²) in [5.41, 5.74) is 2.17. The molecule has 1 aromatic carbocycles. The third-order valence-electron chi connectivity index (χ3n) is 6.45. The summed E-state index contributed by atoms with van der Waals surface area (Å²) in [6.45, 7) is 7.17. The van der Waals surface area contributed by atoms with Crippen LogP contribution in [-0.4, -0.2) is 65.3 Å². The Hall–Kier alpha value is -2.25. The molecule has 31 heavy (non-hydrogen) atoms. The van der Waals surface area contributed by atoms with Crippen molar-refractivity contribution in [3.8, 4) is 0 Å². The molecule has 0 aliphatic carbocycles. The van der Waals surface area contributed by atoms with Crippen molar-refractivity contribution in [3.05, 3.63) is 57.5 Å². The largest absolute Gasteiger partial charge is 0.339 e. The summed E-state index contributed by atoms with van der Waals surface area (Å²) in [5.74, 6) is 0.0475. The first-order valence-electron chi connectivity index (χ1n) is 11.1. The highest BCUT2D eigenvalue weighted by Crippen LogP contribution is 2.38. The van der Waals surface area contributed by atoms with Crippen LogP contribution in [0.3, 0.4) is 0 Å². The maximum absolute atomic E-state index is 14.0. The minimum absolute atomic E-state index is 0.0172. The lowest BCUT2D eigenvalue weighted by atomic mass is 9.93. The summed E-state index contributed by atoms with van der Waals surface area (Å²) in [6, 6.07) is 8.98. The second-order valence-corrected chi connectivity index (χ2v) is 9.42. The average molecular weight is 444 g/mol. The molecule has 3 heterocycles. The van der Waals surface area contributed by atoms with Gasteiger partial charge in [-0.2, -0.15) is 0 Å². The van der Waals surface area contributed by atoms with Crippen molar-refractivity contribution in [2.24, 2.45) is 0 Å². The SMILES string of the molecule is CCC(=O)N1CCN(C(=O)CCN2CCc3sccc3[C@H]2c2cccc(F)c2)C[C@H]1C. The first-order valence-corrected chi connectivity index (χ1v) is 12.0. The first-order chi connectivity index (χ1) is 15.0. The Balaban J connectivity index is 1.43. The number of nitrogens with zero attached hydrogens (tertiary/aromatic N) is 3. The van der Waals surface area contributed by atoms with Crippen molar-refractivity contribution in [1.29, 1.82) is 0 Å². The molecule has 166 valence electrons. The monoisotopic (exact) mass is 443 g/mol. The van der Waals surface area contributed by atoms with E-state index in [1.165, 1.54) is 16.5 Å². The summed E-state index contributed by atoms with van der Waals surface area (Å²) >= 11 is 1.75. The Morgan fingerprint density at radius 3 is 2.74 bits per heavy atom. The number of carbonyl (C=O) groups excluding carboxylic acids is 2. The van der Waals surface area contributed by atoms with Crippen LogP contribution in [0.1, 0.15) is 48.7 Å². The molecule has 1 fully saturated rings. The molecule has 0 bridgehead atoms. The van der Waals surface area contributed by atoms with Gasteiger partial charge in [0.15, 0.2) is 0 Å². The fourth-order valence-corrected chi connectivity index (χ4v) is 5.74. The third-order valence-corrected chi connectivity index (χ3v) is 7.44. The van der Waals surface area contributed by atoms with Gasteiger partial charge in [-0.3, -0.25) is 14.5 Å². The molecule has 7 heteroatoms. The summed E-state index contributed by atoms with van der Waals surface area (Å²) < 4.78 is 14.0. The van der Waals surface area contributed by atoms with E-state index in [0.717, 1.165) is 18.5 Å². The lowest BCUT2D eigenvalue weighted by Crippen LogP contribution is -2.55. The highest BCUT2D eigenvalue weighted by Gasteiger charge is 2.32. The Kier molecular flexibility index (Phi) is 6.72. The van der Waals surface area contributed by atoms with Crippen LogP contribution >= 0.6 is 11.3 Å². The van der Waals surface area contributed by atoms with Gasteiger partial charge >= 0.3 is 0 Å². The maximum Gasteiger partial charge on any atom is 0.223 e. The molecule has 0 N–H and O–H groups in total. The summed E-state index contributed by atoms with van der Waals surface area (Å²) in [7, 11) is 0. The van der Waals surface area contributed by atoms with Gasteiger partial charge in [0.1, 0.15) is 5.82 Å². The molecule has 5 nitrogen and oxygen atoms in total. The topological polar surface area (TPSA) is 43.9 Å². The van der Waals surface area contributed by atoms with Crippen LogP contribution in [0, 0.1) is 5.82 Å². The molecule has 2 amide bonds. The van der Waals surface area contributed by atoms with Crippen molar-refractivity contribution in [3.63, 3.8) is 0 Å². The summed E-state index contributed by atoms with van der Waals surface area (Å²) in [5, 5.41) is 2.10. The van der Waals surface area contributed by atoms with E-state index in [1.807, 2.05) is 29.7 Å². The lowest BCUT2D eigenvalue weighted by Gasteiger charge is -2.40. The number of amides is 2. The van der Waals surface area contributed by atoms with Crippen LogP contribution in [0.5, 0.6) is 0 Å². The predicted octanol–water partition coefficient (Wildman–Crippen LogP) is 3.69. The average Bonchev–Trinajstić information content (AvgIpc) is 3.25. The standard InChI is InChI=1S/C24H30FN3O2S/c1-3-22(29)28-13-12-27(16-17(28)2)23(30)8-11-26-10-7-21-20(9-14-31-21)24(26)18-5-4-6-19(25)15-18/h4-6,9,14-15,17,24H,3,7-8,10-13,16H2,1-2H3/t17-,24-/m1/s1. The van der Waals surface area contributed by atoms with Crippen molar-refractivity contribution >= 4 is 23.2 Å². The van der Waals surface area contributed by atoms with E-state index in [-0.39, 0.29) is 29.7 Å². The van der Waals surface area contributed by atoms with Crippen molar-refractivity contribution in [2.45, 2.75) is 45.2 Å². The molecule has 2 aliphatic rings. The van der Waals surface area contributed by atoms with Crippen LogP contribution in [0.25, 0.3) is 0 Å². The Morgan fingerprint density at radius 1 is 1.16 bits per heavy atom. The molecular formula is C24H30FN3O2S. The van der Waals surface area contributed by atoms with Crippen LogP contribution < -0.4 is 0 Å². The van der Waals surface area contributed by atoms with Gasteiger partial charge in [-0.15, -0.1) is 11.3 Å². The highest BCUT2D eigenvalue weighted by atomic mass is 32.1. The quantitative estimate of drug-likeness (QED) is 0.708. The number of thiophene rings is 1. The van der Waals surface area contributed by atoms with E-state index in [1.54, 1.807) is 23.5 Å². The van der Waals surface area contributed by atoms with Gasteiger partial charge in [0.2, 0.25) is 11.8 Å². The van der Waals surface area contributed by atoms with Crippen molar-refractivity contribution in [2.75, 3.05) is 32.7 Å². The summed E-state index contributed by atoms with van der Waals surface area (Å²) in [4.78, 5) is 32.4. The second-order valence-electron chi connectivity index (χ2n) is 8.42. The molecule has 2 atom stereocenters. The van der Waals surface area contributed by atoms with Gasteiger partial charge in [-0.05, 0) is 48.1 Å².